The number of amides is 2. The van der Waals surface area contributed by atoms with Gasteiger partial charge in [0.25, 0.3) is 0 Å². The van der Waals surface area contributed by atoms with E-state index < -0.39 is 30.0 Å². The summed E-state index contributed by atoms with van der Waals surface area (Å²) in [6.45, 7) is 0.275. The number of benzene rings is 4. The van der Waals surface area contributed by atoms with Crippen LogP contribution in [0, 0.1) is 11.8 Å². The predicted molar refractivity (Wildman–Crippen MR) is 204 cm³/mol. The molecule has 4 aromatic carbocycles. The number of methoxy groups -OCH3 is 1. The number of hydrogen-bond donors (Lipinski definition) is 3. The molecule has 9 heteroatoms. The molecule has 5 unspecified atom stereocenters. The molecule has 0 bridgehead atoms. The van der Waals surface area contributed by atoms with E-state index >= 15 is 0 Å². The third kappa shape index (κ3) is 12.4. The number of allylic oxidation sites excluding steroid dienone is 2. The minimum atomic E-state index is -0.817. The maximum atomic E-state index is 13.9. The van der Waals surface area contributed by atoms with Gasteiger partial charge in [0.15, 0.2) is 0 Å². The Labute approximate surface area is 312 Å². The molecule has 0 saturated heterocycles. The molecule has 0 spiro atoms. The van der Waals surface area contributed by atoms with Crippen LogP contribution < -0.4 is 15.4 Å². The third-order valence-corrected chi connectivity index (χ3v) is 9.38. The van der Waals surface area contributed by atoms with Gasteiger partial charge in [-0.1, -0.05) is 115 Å². The highest BCUT2D eigenvalue weighted by Crippen LogP contribution is 2.27. The zero-order chi connectivity index (χ0) is 37.3. The summed E-state index contributed by atoms with van der Waals surface area (Å²) < 4.78 is 17.7. The lowest BCUT2D eigenvalue weighted by Crippen LogP contribution is -2.47. The lowest BCUT2D eigenvalue weighted by molar-refractivity contribution is -0.158. The first-order valence-corrected chi connectivity index (χ1v) is 18.3. The number of rotatable bonds is 14. The maximum Gasteiger partial charge on any atom is 0.309 e. The predicted octanol–water partition coefficient (Wildman–Crippen LogP) is 6.31. The van der Waals surface area contributed by atoms with Crippen LogP contribution in [0.25, 0.3) is 0 Å². The number of cyclic esters (lactones) is 1. The Bertz CT molecular complexity index is 1730. The molecule has 1 aliphatic heterocycles. The van der Waals surface area contributed by atoms with Crippen molar-refractivity contribution in [2.75, 3.05) is 20.3 Å². The van der Waals surface area contributed by atoms with Gasteiger partial charge in [-0.2, -0.15) is 0 Å². The van der Waals surface area contributed by atoms with Gasteiger partial charge in [0.1, 0.15) is 18.5 Å². The van der Waals surface area contributed by atoms with Gasteiger partial charge < -0.3 is 30.0 Å². The van der Waals surface area contributed by atoms with Crippen LogP contribution in [0.2, 0.25) is 0 Å². The summed E-state index contributed by atoms with van der Waals surface area (Å²) in [4.78, 5) is 41.2. The van der Waals surface area contributed by atoms with Crippen molar-refractivity contribution in [2.24, 2.45) is 11.8 Å². The molecule has 2 amide bonds. The van der Waals surface area contributed by atoms with E-state index in [0.717, 1.165) is 28.0 Å². The van der Waals surface area contributed by atoms with E-state index in [1.54, 1.807) is 0 Å². The quantitative estimate of drug-likeness (QED) is 0.103. The normalized spacial score (nSPS) is 20.1. The number of aliphatic hydroxyl groups excluding tert-OH is 1. The fraction of sp³-hybridized carbons (Fsp3) is 0.341. The minimum absolute atomic E-state index is 0.0827. The van der Waals surface area contributed by atoms with Crippen molar-refractivity contribution in [1.82, 2.24) is 10.6 Å². The average Bonchev–Trinajstić information content (AvgIpc) is 3.19. The van der Waals surface area contributed by atoms with Crippen molar-refractivity contribution in [2.45, 2.75) is 63.3 Å². The van der Waals surface area contributed by atoms with Gasteiger partial charge in [0.05, 0.1) is 37.1 Å². The summed E-state index contributed by atoms with van der Waals surface area (Å²) >= 11 is 0. The number of carbonyl (C=O) groups excluding carboxylic acids is 3. The van der Waals surface area contributed by atoms with Gasteiger partial charge in [-0.05, 0) is 66.5 Å². The lowest BCUT2D eigenvalue weighted by atomic mass is 9.94. The van der Waals surface area contributed by atoms with E-state index in [9.17, 15) is 19.5 Å². The molecule has 4 aromatic rings. The summed E-state index contributed by atoms with van der Waals surface area (Å²) in [6, 6.07) is 35.4. The largest absolute Gasteiger partial charge is 0.489 e. The molecular weight excluding hydrogens is 668 g/mol. The van der Waals surface area contributed by atoms with E-state index in [0.29, 0.717) is 38.7 Å². The molecule has 1 heterocycles. The Morgan fingerprint density at radius 2 is 1.51 bits per heavy atom. The van der Waals surface area contributed by atoms with Crippen molar-refractivity contribution >= 4 is 17.8 Å². The first-order chi connectivity index (χ1) is 25.9. The lowest BCUT2D eigenvalue weighted by Gasteiger charge is -2.30. The van der Waals surface area contributed by atoms with Crippen LogP contribution >= 0.6 is 0 Å². The van der Waals surface area contributed by atoms with Gasteiger partial charge in [-0.15, -0.1) is 0 Å². The molecule has 5 rings (SSSR count). The van der Waals surface area contributed by atoms with E-state index in [4.69, 9.17) is 14.2 Å². The van der Waals surface area contributed by atoms with Crippen LogP contribution in [-0.4, -0.2) is 55.3 Å². The Morgan fingerprint density at radius 3 is 2.17 bits per heavy atom. The van der Waals surface area contributed by atoms with Crippen LogP contribution in [0.15, 0.2) is 127 Å². The number of aliphatic hydroxyl groups is 1. The molecule has 0 aromatic heterocycles. The summed E-state index contributed by atoms with van der Waals surface area (Å²) in [7, 11) is 1.53. The summed E-state index contributed by atoms with van der Waals surface area (Å²) in [5, 5.41) is 16.2. The van der Waals surface area contributed by atoms with Crippen molar-refractivity contribution < 1.29 is 33.7 Å². The van der Waals surface area contributed by atoms with Crippen molar-refractivity contribution in [3.63, 3.8) is 0 Å². The smallest absolute Gasteiger partial charge is 0.309 e. The van der Waals surface area contributed by atoms with E-state index in [1.165, 1.54) is 7.11 Å². The molecular formula is C44H50N2O7. The Hall–Kier alpha value is -5.25. The number of nitrogens with one attached hydrogen (secondary N) is 2. The Kier molecular flexibility index (Phi) is 15.2. The number of hydrogen-bond acceptors (Lipinski definition) is 7. The van der Waals surface area contributed by atoms with Gasteiger partial charge in [0.2, 0.25) is 11.8 Å². The van der Waals surface area contributed by atoms with Crippen LogP contribution in [-0.2, 0) is 43.3 Å². The molecule has 0 radical (unpaired) electrons. The average molecular weight is 719 g/mol. The van der Waals surface area contributed by atoms with Crippen LogP contribution in [0.3, 0.4) is 0 Å². The van der Waals surface area contributed by atoms with E-state index in [2.05, 4.69) is 10.6 Å². The topological polar surface area (TPSA) is 123 Å². The second kappa shape index (κ2) is 20.7. The molecule has 0 aliphatic carbocycles. The molecule has 1 aliphatic rings. The van der Waals surface area contributed by atoms with E-state index in [1.807, 2.05) is 127 Å². The highest BCUT2D eigenvalue weighted by Gasteiger charge is 2.34. The second-order valence-corrected chi connectivity index (χ2v) is 13.5. The highest BCUT2D eigenvalue weighted by atomic mass is 16.5. The van der Waals surface area contributed by atoms with Crippen molar-refractivity contribution in [3.8, 4) is 5.75 Å². The van der Waals surface area contributed by atoms with Gasteiger partial charge >= 0.3 is 5.97 Å². The van der Waals surface area contributed by atoms with Gasteiger partial charge in [0, 0.05) is 13.5 Å². The van der Waals surface area contributed by atoms with Crippen LogP contribution in [0.4, 0.5) is 0 Å². The van der Waals surface area contributed by atoms with Gasteiger partial charge in [-0.3, -0.25) is 14.4 Å². The molecule has 0 saturated carbocycles. The van der Waals surface area contributed by atoms with Crippen LogP contribution in [0.5, 0.6) is 5.75 Å². The standard InChI is InChI=1S/C44H50N2O7/c1-51-31-40-42(35-18-10-4-11-19-35)53-44(50)37(26-32-14-6-2-7-15-32)21-13-5-12-20-36(43(49)46-40)28-41(48)45-38(29-47)27-33-22-24-39(25-23-33)52-30-34-16-8-3-9-17-34/h2-12,14-19,22-25,36-38,40,42,47H,13,20-21,26-31H2,1H3,(H,45,48)(H,46,49). The highest BCUT2D eigenvalue weighted by molar-refractivity contribution is 5.86. The van der Waals surface area contributed by atoms with Crippen molar-refractivity contribution in [3.05, 3.63) is 150 Å². The number of esters is 1. The zero-order valence-electron chi connectivity index (χ0n) is 30.3. The monoisotopic (exact) mass is 718 g/mol. The molecule has 3 N–H and O–H groups in total. The number of ether oxygens (including phenoxy) is 3. The van der Waals surface area contributed by atoms with Crippen LogP contribution in [0.1, 0.15) is 54.0 Å². The van der Waals surface area contributed by atoms with Crippen molar-refractivity contribution in [1.29, 1.82) is 0 Å². The zero-order valence-corrected chi connectivity index (χ0v) is 30.3. The Balaban J connectivity index is 1.27. The summed E-state index contributed by atoms with van der Waals surface area (Å²) in [5.41, 5.74) is 3.76. The SMILES string of the molecule is COCC1NC(=O)C(CC(=O)NC(CO)Cc2ccc(OCc3ccccc3)cc2)CC=CCCC(Cc2ccccc2)C(=O)OC1c1ccccc1. The molecule has 5 atom stereocenters. The van der Waals surface area contributed by atoms with Gasteiger partial charge in [-0.25, -0.2) is 0 Å². The first-order valence-electron chi connectivity index (χ1n) is 18.3. The molecule has 53 heavy (non-hydrogen) atoms. The Morgan fingerprint density at radius 1 is 0.849 bits per heavy atom. The molecule has 278 valence electrons. The second-order valence-electron chi connectivity index (χ2n) is 13.5. The fourth-order valence-corrected chi connectivity index (χ4v) is 6.51. The number of carbonyl (C=O) groups is 3. The van der Waals surface area contributed by atoms with E-state index in [-0.39, 0.29) is 37.4 Å². The summed E-state index contributed by atoms with van der Waals surface area (Å²) in [5.74, 6) is -1.42. The minimum Gasteiger partial charge on any atom is -0.489 e. The fourth-order valence-electron chi connectivity index (χ4n) is 6.51. The maximum absolute atomic E-state index is 13.9. The third-order valence-electron chi connectivity index (χ3n) is 9.38. The molecule has 0 fully saturated rings. The molecule has 9 nitrogen and oxygen atoms in total. The first kappa shape index (κ1) is 39.0. The summed E-state index contributed by atoms with van der Waals surface area (Å²) in [6.07, 6.45) is 5.38.